The molecule has 0 radical (unpaired) electrons. The highest BCUT2D eigenvalue weighted by Gasteiger charge is 2.43. The number of rotatable bonds is 3. The van der Waals surface area contributed by atoms with Crippen LogP contribution in [0.3, 0.4) is 0 Å². The van der Waals surface area contributed by atoms with Gasteiger partial charge in [-0.25, -0.2) is 4.79 Å². The first-order valence-corrected chi connectivity index (χ1v) is 9.49. The smallest absolute Gasteiger partial charge is 0.328 e. The maximum absolute atomic E-state index is 12.7. The molecule has 0 unspecified atom stereocenters. The third-order valence-corrected chi connectivity index (χ3v) is 5.63. The molecule has 2 aromatic rings. The number of H-pyrrole nitrogens is 2. The second-order valence-corrected chi connectivity index (χ2v) is 7.56. The number of carbonyl (C=O) groups is 1. The molecule has 1 aromatic carbocycles. The number of aliphatic hydroxyl groups is 1. The van der Waals surface area contributed by atoms with Crippen molar-refractivity contribution in [2.75, 3.05) is 13.1 Å². The number of nitrogens with zero attached hydrogens (tertiary/aromatic N) is 1. The van der Waals surface area contributed by atoms with Crippen molar-refractivity contribution in [1.29, 1.82) is 0 Å². The summed E-state index contributed by atoms with van der Waals surface area (Å²) in [6.45, 7) is 1.17. The first kappa shape index (κ1) is 18.5. The topological polar surface area (TPSA) is 115 Å². The number of aliphatic hydroxyl groups excluding tert-OH is 1. The van der Waals surface area contributed by atoms with E-state index < -0.39 is 16.9 Å². The van der Waals surface area contributed by atoms with Gasteiger partial charge in [0.05, 0.1) is 18.6 Å². The number of aromatic nitrogens is 2. The van der Waals surface area contributed by atoms with Crippen LogP contribution in [0.4, 0.5) is 0 Å². The zero-order chi connectivity index (χ0) is 19.7. The lowest BCUT2D eigenvalue weighted by molar-refractivity contribution is -0.130. The van der Waals surface area contributed by atoms with Crippen molar-refractivity contribution in [1.82, 2.24) is 14.9 Å². The van der Waals surface area contributed by atoms with Crippen LogP contribution in [0, 0.1) is 0 Å². The maximum Gasteiger partial charge on any atom is 0.328 e. The van der Waals surface area contributed by atoms with Crippen molar-refractivity contribution in [3.63, 3.8) is 0 Å². The van der Waals surface area contributed by atoms with Crippen LogP contribution in [-0.2, 0) is 24.2 Å². The second-order valence-electron chi connectivity index (χ2n) is 7.56. The van der Waals surface area contributed by atoms with Crippen LogP contribution in [-0.4, -0.2) is 44.6 Å². The van der Waals surface area contributed by atoms with Gasteiger partial charge in [0.15, 0.2) is 0 Å². The monoisotopic (exact) mass is 385 g/mol. The number of nitrogens with one attached hydrogen (secondary N) is 2. The van der Waals surface area contributed by atoms with Crippen LogP contribution < -0.4 is 16.0 Å². The van der Waals surface area contributed by atoms with Crippen LogP contribution in [0.5, 0.6) is 5.88 Å². The predicted molar refractivity (Wildman–Crippen MR) is 101 cm³/mol. The highest BCUT2D eigenvalue weighted by Crippen LogP contribution is 2.37. The summed E-state index contributed by atoms with van der Waals surface area (Å²) >= 11 is 0. The standard InChI is InChI=1S/C20H23N3O5/c24-12-14-4-2-13(3-5-14)10-16(25)23-8-1-6-20(7-9-23)11-15-17(26)21-19(27)22-18(15)28-20/h2-5,24H,1,6-12H2,(H2,21,22,26,27)/t20-/m1/s1. The molecule has 0 bridgehead atoms. The molecule has 8 heteroatoms. The highest BCUT2D eigenvalue weighted by atomic mass is 16.5. The van der Waals surface area contributed by atoms with Crippen molar-refractivity contribution in [2.24, 2.45) is 0 Å². The zero-order valence-electron chi connectivity index (χ0n) is 15.5. The second kappa shape index (κ2) is 7.27. The number of likely N-dealkylation sites (tertiary alicyclic amines) is 1. The van der Waals surface area contributed by atoms with Gasteiger partial charge in [-0.2, -0.15) is 0 Å². The third kappa shape index (κ3) is 3.60. The molecular formula is C20H23N3O5. The number of benzene rings is 1. The van der Waals surface area contributed by atoms with Crippen LogP contribution in [0.2, 0.25) is 0 Å². The Labute approximate surface area is 161 Å². The van der Waals surface area contributed by atoms with Gasteiger partial charge < -0.3 is 14.7 Å². The number of hydrogen-bond donors (Lipinski definition) is 3. The van der Waals surface area contributed by atoms with E-state index in [1.807, 2.05) is 29.2 Å². The number of carbonyl (C=O) groups excluding carboxylic acids is 1. The Morgan fingerprint density at radius 3 is 2.61 bits per heavy atom. The minimum absolute atomic E-state index is 0.0150. The van der Waals surface area contributed by atoms with E-state index >= 15 is 0 Å². The average molecular weight is 385 g/mol. The molecule has 3 N–H and O–H groups in total. The first-order chi connectivity index (χ1) is 13.5. The van der Waals surface area contributed by atoms with Crippen LogP contribution in [0.15, 0.2) is 33.9 Å². The zero-order valence-corrected chi connectivity index (χ0v) is 15.5. The minimum atomic E-state index is -0.571. The number of aromatic amines is 2. The Hall–Kier alpha value is -2.87. The number of hydrogen-bond acceptors (Lipinski definition) is 5. The summed E-state index contributed by atoms with van der Waals surface area (Å²) in [7, 11) is 0. The molecule has 1 fully saturated rings. The van der Waals surface area contributed by atoms with Crippen molar-refractivity contribution in [3.8, 4) is 5.88 Å². The van der Waals surface area contributed by atoms with Crippen molar-refractivity contribution in [3.05, 3.63) is 61.8 Å². The molecule has 148 valence electrons. The van der Waals surface area contributed by atoms with Crippen molar-refractivity contribution in [2.45, 2.75) is 44.3 Å². The summed E-state index contributed by atoms with van der Waals surface area (Å²) < 4.78 is 6.01. The summed E-state index contributed by atoms with van der Waals surface area (Å²) in [5.41, 5.74) is 0.687. The van der Waals surface area contributed by atoms with E-state index in [0.29, 0.717) is 37.9 Å². The van der Waals surface area contributed by atoms with Gasteiger partial charge in [0.1, 0.15) is 5.60 Å². The van der Waals surface area contributed by atoms with E-state index in [0.717, 1.165) is 24.0 Å². The molecule has 28 heavy (non-hydrogen) atoms. The molecule has 1 atom stereocenters. The molecule has 1 spiro atoms. The van der Waals surface area contributed by atoms with E-state index in [-0.39, 0.29) is 18.4 Å². The average Bonchev–Trinajstić information content (AvgIpc) is 2.90. The van der Waals surface area contributed by atoms with Gasteiger partial charge in [0, 0.05) is 25.9 Å². The molecule has 1 amide bonds. The summed E-state index contributed by atoms with van der Waals surface area (Å²) in [6, 6.07) is 7.37. The van der Waals surface area contributed by atoms with Gasteiger partial charge in [-0.05, 0) is 24.0 Å². The maximum atomic E-state index is 12.7. The fraction of sp³-hybridized carbons (Fsp3) is 0.450. The molecular weight excluding hydrogens is 362 g/mol. The summed E-state index contributed by atoms with van der Waals surface area (Å²) in [5.74, 6) is 0.313. The van der Waals surface area contributed by atoms with E-state index in [1.165, 1.54) is 0 Å². The van der Waals surface area contributed by atoms with Gasteiger partial charge in [0.2, 0.25) is 11.8 Å². The van der Waals surface area contributed by atoms with Crippen LogP contribution >= 0.6 is 0 Å². The summed E-state index contributed by atoms with van der Waals surface area (Å²) in [4.78, 5) is 42.9. The Morgan fingerprint density at radius 2 is 1.86 bits per heavy atom. The minimum Gasteiger partial charge on any atom is -0.471 e. The molecule has 0 aliphatic carbocycles. The van der Waals surface area contributed by atoms with Gasteiger partial charge in [0.25, 0.3) is 5.56 Å². The van der Waals surface area contributed by atoms with Crippen LogP contribution in [0.25, 0.3) is 0 Å². The molecule has 0 saturated carbocycles. The summed E-state index contributed by atoms with van der Waals surface area (Å²) in [6.07, 6.45) is 2.85. The Kier molecular flexibility index (Phi) is 4.80. The SMILES string of the molecule is O=C(Cc1ccc(CO)cc1)N1CCC[C@@]2(CC1)Cc1c([nH]c(=O)[nH]c1=O)O2. The van der Waals surface area contributed by atoms with E-state index in [9.17, 15) is 14.4 Å². The summed E-state index contributed by atoms with van der Waals surface area (Å²) in [5, 5.41) is 9.12. The van der Waals surface area contributed by atoms with Gasteiger partial charge in [-0.15, -0.1) is 0 Å². The number of amides is 1. The lowest BCUT2D eigenvalue weighted by Crippen LogP contribution is -2.38. The molecule has 1 aromatic heterocycles. The van der Waals surface area contributed by atoms with Crippen molar-refractivity contribution < 1.29 is 14.6 Å². The van der Waals surface area contributed by atoms with E-state index in [2.05, 4.69) is 9.97 Å². The fourth-order valence-electron chi connectivity index (χ4n) is 4.06. The first-order valence-electron chi connectivity index (χ1n) is 9.49. The number of fused-ring (bicyclic) bond motifs is 1. The van der Waals surface area contributed by atoms with Gasteiger partial charge >= 0.3 is 5.69 Å². The quantitative estimate of drug-likeness (QED) is 0.711. The molecule has 3 heterocycles. The molecule has 2 aliphatic heterocycles. The molecule has 2 aliphatic rings. The molecule has 1 saturated heterocycles. The van der Waals surface area contributed by atoms with Crippen molar-refractivity contribution >= 4 is 5.91 Å². The lowest BCUT2D eigenvalue weighted by Gasteiger charge is -2.27. The lowest BCUT2D eigenvalue weighted by atomic mass is 9.90. The largest absolute Gasteiger partial charge is 0.471 e. The molecule has 4 rings (SSSR count). The van der Waals surface area contributed by atoms with Crippen LogP contribution in [0.1, 0.15) is 36.0 Å². The Balaban J connectivity index is 1.42. The predicted octanol–water partition coefficient (Wildman–Crippen LogP) is 0.484. The fourth-order valence-corrected chi connectivity index (χ4v) is 4.06. The number of ether oxygens (including phenoxy) is 1. The van der Waals surface area contributed by atoms with E-state index in [4.69, 9.17) is 9.84 Å². The Bertz CT molecular complexity index is 994. The molecule has 8 nitrogen and oxygen atoms in total. The van der Waals surface area contributed by atoms with E-state index in [1.54, 1.807) is 0 Å². The Morgan fingerprint density at radius 1 is 1.11 bits per heavy atom. The van der Waals surface area contributed by atoms with Gasteiger partial charge in [-0.3, -0.25) is 19.6 Å². The normalized spacial score (nSPS) is 21.2. The van der Waals surface area contributed by atoms with Gasteiger partial charge in [-0.1, -0.05) is 24.3 Å². The third-order valence-electron chi connectivity index (χ3n) is 5.63. The highest BCUT2D eigenvalue weighted by molar-refractivity contribution is 5.78.